The Morgan fingerprint density at radius 1 is 1.27 bits per heavy atom. The van der Waals surface area contributed by atoms with Gasteiger partial charge in [-0.25, -0.2) is 4.98 Å². The van der Waals surface area contributed by atoms with Crippen molar-refractivity contribution in [3.63, 3.8) is 0 Å². The summed E-state index contributed by atoms with van der Waals surface area (Å²) in [6.45, 7) is 6.54. The van der Waals surface area contributed by atoms with Gasteiger partial charge < -0.3 is 19.1 Å². The van der Waals surface area contributed by atoms with Gasteiger partial charge in [0.2, 0.25) is 11.7 Å². The summed E-state index contributed by atoms with van der Waals surface area (Å²) in [5, 5.41) is 2.80. The number of carbonyl (C=O) groups excluding carboxylic acids is 1. The van der Waals surface area contributed by atoms with Crippen molar-refractivity contribution in [3.05, 3.63) is 34.3 Å². The maximum Gasteiger partial charge on any atom is 0.220 e. The zero-order valence-electron chi connectivity index (χ0n) is 15.9. The molecule has 1 aromatic carbocycles. The highest BCUT2D eigenvalue weighted by atomic mass is 32.1. The van der Waals surface area contributed by atoms with E-state index in [2.05, 4.69) is 11.9 Å². The largest absolute Gasteiger partial charge is 0.493 e. The molecule has 0 saturated heterocycles. The SMILES string of the molecule is CC[C@@H](C)N(Cc1csc(COc2c(OC)cccc2OC)n1)C(C)=O. The Kier molecular flexibility index (Phi) is 7.26. The zero-order valence-corrected chi connectivity index (χ0v) is 16.8. The van der Waals surface area contributed by atoms with Gasteiger partial charge in [-0.15, -0.1) is 11.3 Å². The zero-order chi connectivity index (χ0) is 19.1. The fraction of sp³-hybridized carbons (Fsp3) is 0.474. The fourth-order valence-electron chi connectivity index (χ4n) is 2.55. The van der Waals surface area contributed by atoms with Gasteiger partial charge in [0.25, 0.3) is 0 Å². The van der Waals surface area contributed by atoms with E-state index in [-0.39, 0.29) is 11.9 Å². The van der Waals surface area contributed by atoms with E-state index in [1.807, 2.05) is 35.4 Å². The average Bonchev–Trinajstić information content (AvgIpc) is 3.10. The van der Waals surface area contributed by atoms with Crippen molar-refractivity contribution in [2.24, 2.45) is 0 Å². The lowest BCUT2D eigenvalue weighted by atomic mass is 10.2. The lowest BCUT2D eigenvalue weighted by molar-refractivity contribution is -0.131. The van der Waals surface area contributed by atoms with E-state index in [4.69, 9.17) is 14.2 Å². The summed E-state index contributed by atoms with van der Waals surface area (Å²) < 4.78 is 16.6. The van der Waals surface area contributed by atoms with Crippen LogP contribution < -0.4 is 14.2 Å². The minimum absolute atomic E-state index is 0.0592. The van der Waals surface area contributed by atoms with E-state index >= 15 is 0 Å². The maximum absolute atomic E-state index is 11.9. The molecular weight excluding hydrogens is 352 g/mol. The topological polar surface area (TPSA) is 60.9 Å². The molecule has 0 fully saturated rings. The molecule has 0 N–H and O–H groups in total. The molecule has 1 atom stereocenters. The molecule has 0 radical (unpaired) electrons. The predicted octanol–water partition coefficient (Wildman–Crippen LogP) is 3.89. The normalized spacial score (nSPS) is 11.7. The van der Waals surface area contributed by atoms with Crippen LogP contribution in [0.5, 0.6) is 17.2 Å². The third-order valence-electron chi connectivity index (χ3n) is 4.18. The number of thiazole rings is 1. The molecule has 6 nitrogen and oxygen atoms in total. The van der Waals surface area contributed by atoms with Gasteiger partial charge in [-0.3, -0.25) is 4.79 Å². The van der Waals surface area contributed by atoms with E-state index in [0.717, 1.165) is 17.1 Å². The number of ether oxygens (including phenoxy) is 3. The van der Waals surface area contributed by atoms with Crippen molar-refractivity contribution in [1.29, 1.82) is 0 Å². The summed E-state index contributed by atoms with van der Waals surface area (Å²) in [4.78, 5) is 18.3. The van der Waals surface area contributed by atoms with Gasteiger partial charge in [0.15, 0.2) is 11.5 Å². The van der Waals surface area contributed by atoms with Crippen molar-refractivity contribution in [3.8, 4) is 17.2 Å². The summed E-state index contributed by atoms with van der Waals surface area (Å²) in [7, 11) is 3.18. The Morgan fingerprint density at radius 3 is 2.46 bits per heavy atom. The van der Waals surface area contributed by atoms with Gasteiger partial charge in [-0.05, 0) is 25.5 Å². The number of hydrogen-bond acceptors (Lipinski definition) is 6. The highest BCUT2D eigenvalue weighted by Crippen LogP contribution is 2.37. The third-order valence-corrected chi connectivity index (χ3v) is 5.05. The number of methoxy groups -OCH3 is 2. The highest BCUT2D eigenvalue weighted by Gasteiger charge is 2.17. The molecule has 0 saturated carbocycles. The molecule has 0 spiro atoms. The van der Waals surface area contributed by atoms with Crippen LogP contribution in [0.4, 0.5) is 0 Å². The number of hydrogen-bond donors (Lipinski definition) is 0. The average molecular weight is 378 g/mol. The van der Waals surface area contributed by atoms with Crippen LogP contribution in [0.1, 0.15) is 37.9 Å². The molecule has 1 amide bonds. The first-order chi connectivity index (χ1) is 12.5. The molecule has 2 rings (SSSR count). The molecule has 0 aliphatic carbocycles. The summed E-state index contributed by atoms with van der Waals surface area (Å²) >= 11 is 1.51. The van der Waals surface area contributed by atoms with Crippen LogP contribution in [0.2, 0.25) is 0 Å². The van der Waals surface area contributed by atoms with E-state index in [1.165, 1.54) is 11.3 Å². The molecular formula is C19H26N2O4S. The molecule has 0 aliphatic heterocycles. The van der Waals surface area contributed by atoms with Crippen molar-refractivity contribution in [1.82, 2.24) is 9.88 Å². The van der Waals surface area contributed by atoms with E-state index in [0.29, 0.717) is 30.4 Å². The molecule has 1 aromatic heterocycles. The fourth-order valence-corrected chi connectivity index (χ4v) is 3.25. The summed E-state index contributed by atoms with van der Waals surface area (Å²) in [5.74, 6) is 1.84. The van der Waals surface area contributed by atoms with Gasteiger partial charge in [0.1, 0.15) is 11.6 Å². The molecule has 2 aromatic rings. The van der Waals surface area contributed by atoms with Crippen molar-refractivity contribution >= 4 is 17.2 Å². The Bertz CT molecular complexity index is 710. The second-order valence-electron chi connectivity index (χ2n) is 5.92. The van der Waals surface area contributed by atoms with E-state index in [1.54, 1.807) is 21.1 Å². The van der Waals surface area contributed by atoms with Gasteiger partial charge >= 0.3 is 0 Å². The number of para-hydroxylation sites is 1. The quantitative estimate of drug-likeness (QED) is 0.662. The minimum Gasteiger partial charge on any atom is -0.493 e. The van der Waals surface area contributed by atoms with Gasteiger partial charge in [-0.2, -0.15) is 0 Å². The van der Waals surface area contributed by atoms with Crippen LogP contribution in [0, 0.1) is 0 Å². The first-order valence-electron chi connectivity index (χ1n) is 8.54. The lowest BCUT2D eigenvalue weighted by Gasteiger charge is -2.26. The molecule has 0 aliphatic rings. The predicted molar refractivity (Wildman–Crippen MR) is 102 cm³/mol. The monoisotopic (exact) mass is 378 g/mol. The number of nitrogens with zero attached hydrogens (tertiary/aromatic N) is 2. The molecule has 0 unspecified atom stereocenters. The lowest BCUT2D eigenvalue weighted by Crippen LogP contribution is -2.36. The Hall–Kier alpha value is -2.28. The molecule has 142 valence electrons. The first kappa shape index (κ1) is 20.0. The van der Waals surface area contributed by atoms with Crippen LogP contribution in [-0.4, -0.2) is 36.1 Å². The van der Waals surface area contributed by atoms with Crippen molar-refractivity contribution < 1.29 is 19.0 Å². The second-order valence-corrected chi connectivity index (χ2v) is 6.86. The van der Waals surface area contributed by atoms with E-state index < -0.39 is 0 Å². The van der Waals surface area contributed by atoms with Crippen molar-refractivity contribution in [2.45, 2.75) is 46.4 Å². The summed E-state index contributed by atoms with van der Waals surface area (Å²) in [5.41, 5.74) is 0.871. The minimum atomic E-state index is 0.0592. The summed E-state index contributed by atoms with van der Waals surface area (Å²) in [6, 6.07) is 5.67. The maximum atomic E-state index is 11.9. The Labute approximate surface area is 158 Å². The van der Waals surface area contributed by atoms with Crippen LogP contribution >= 0.6 is 11.3 Å². The second kappa shape index (κ2) is 9.43. The van der Waals surface area contributed by atoms with Gasteiger partial charge in [0, 0.05) is 18.3 Å². The number of amides is 1. The molecule has 26 heavy (non-hydrogen) atoms. The number of benzene rings is 1. The van der Waals surface area contributed by atoms with Crippen molar-refractivity contribution in [2.75, 3.05) is 14.2 Å². The molecule has 1 heterocycles. The Balaban J connectivity index is 2.06. The van der Waals surface area contributed by atoms with E-state index in [9.17, 15) is 4.79 Å². The smallest absolute Gasteiger partial charge is 0.220 e. The Morgan fingerprint density at radius 2 is 1.92 bits per heavy atom. The number of rotatable bonds is 9. The van der Waals surface area contributed by atoms with Crippen LogP contribution in [0.15, 0.2) is 23.6 Å². The standard InChI is InChI=1S/C19H26N2O4S/c1-6-13(2)21(14(3)22)10-15-12-26-18(20-15)11-25-19-16(23-4)8-7-9-17(19)24-5/h7-9,12-13H,6,10-11H2,1-5H3/t13-/m1/s1. The van der Waals surface area contributed by atoms with Crippen LogP contribution in [0.25, 0.3) is 0 Å². The van der Waals surface area contributed by atoms with Gasteiger partial charge in [-0.1, -0.05) is 13.0 Å². The number of carbonyl (C=O) groups is 1. The van der Waals surface area contributed by atoms with Crippen LogP contribution in [-0.2, 0) is 17.9 Å². The summed E-state index contributed by atoms with van der Waals surface area (Å²) in [6.07, 6.45) is 0.910. The highest BCUT2D eigenvalue weighted by molar-refractivity contribution is 7.09. The third kappa shape index (κ3) is 4.88. The first-order valence-corrected chi connectivity index (χ1v) is 9.42. The van der Waals surface area contributed by atoms with Crippen LogP contribution in [0.3, 0.4) is 0 Å². The molecule has 0 bridgehead atoms. The molecule has 7 heteroatoms. The number of aromatic nitrogens is 1. The van der Waals surface area contributed by atoms with Gasteiger partial charge in [0.05, 0.1) is 26.5 Å².